The number of carbonyl (C=O) groups excluding carboxylic acids is 1. The lowest BCUT2D eigenvalue weighted by Gasteiger charge is -2.08. The minimum Gasteiger partial charge on any atom is -0.508 e. The molecule has 0 aliphatic heterocycles. The zero-order valence-electron chi connectivity index (χ0n) is 17.5. The topological polar surface area (TPSA) is 86.6 Å². The van der Waals surface area contributed by atoms with Crippen LogP contribution in [0.15, 0.2) is 48.5 Å². The molecule has 0 aromatic heterocycles. The van der Waals surface area contributed by atoms with Gasteiger partial charge in [-0.25, -0.2) is 4.79 Å². The van der Waals surface area contributed by atoms with Gasteiger partial charge in [-0.1, -0.05) is 63.1 Å². The van der Waals surface area contributed by atoms with Gasteiger partial charge in [-0.05, 0) is 44.5 Å². The van der Waals surface area contributed by atoms with Gasteiger partial charge in [0.25, 0.3) is 0 Å². The highest BCUT2D eigenvalue weighted by molar-refractivity contribution is 5.95. The van der Waals surface area contributed by atoms with E-state index in [0.717, 1.165) is 44.3 Å². The van der Waals surface area contributed by atoms with E-state index < -0.39 is 5.97 Å². The molecule has 0 aliphatic rings. The fourth-order valence-corrected chi connectivity index (χ4v) is 3.00. The monoisotopic (exact) mass is 399 g/mol. The lowest BCUT2D eigenvalue weighted by atomic mass is 9.99. The second-order valence-electron chi connectivity index (χ2n) is 6.77. The van der Waals surface area contributed by atoms with Gasteiger partial charge in [0.1, 0.15) is 5.75 Å². The summed E-state index contributed by atoms with van der Waals surface area (Å²) in [5, 5.41) is 22.1. The van der Waals surface area contributed by atoms with Crippen LogP contribution in [0.2, 0.25) is 0 Å². The Labute approximate surface area is 173 Å². The number of benzene rings is 2. The number of rotatable bonds is 11. The number of carbonyl (C=O) groups is 2. The van der Waals surface area contributed by atoms with Gasteiger partial charge in [0, 0.05) is 17.5 Å². The molecular formula is C24H33NO4. The highest BCUT2D eigenvalue weighted by atomic mass is 16.4. The number of carboxylic acids is 1. The van der Waals surface area contributed by atoms with Gasteiger partial charge in [-0.2, -0.15) is 0 Å². The van der Waals surface area contributed by atoms with E-state index in [1.165, 1.54) is 18.2 Å². The molecule has 0 saturated heterocycles. The minimum absolute atomic E-state index is 0.0363. The highest BCUT2D eigenvalue weighted by Crippen LogP contribution is 2.23. The van der Waals surface area contributed by atoms with Crippen LogP contribution in [-0.2, 0) is 6.42 Å². The normalized spacial score (nSPS) is 10.1. The summed E-state index contributed by atoms with van der Waals surface area (Å²) in [7, 11) is 0. The van der Waals surface area contributed by atoms with E-state index in [-0.39, 0.29) is 17.1 Å². The van der Waals surface area contributed by atoms with Crippen molar-refractivity contribution in [1.29, 1.82) is 0 Å². The number of phenolic OH excluding ortho intramolecular Hbond substituents is 1. The summed E-state index contributed by atoms with van der Waals surface area (Å²) in [4.78, 5) is 23.1. The van der Waals surface area contributed by atoms with Crippen LogP contribution in [0.3, 0.4) is 0 Å². The van der Waals surface area contributed by atoms with Crippen molar-refractivity contribution in [1.82, 2.24) is 5.32 Å². The molecule has 2 aromatic rings. The predicted molar refractivity (Wildman–Crippen MR) is 117 cm³/mol. The van der Waals surface area contributed by atoms with E-state index in [1.54, 1.807) is 0 Å². The first-order chi connectivity index (χ1) is 14.0. The van der Waals surface area contributed by atoms with Crippen molar-refractivity contribution in [3.05, 3.63) is 65.2 Å². The predicted octanol–water partition coefficient (Wildman–Crippen LogP) is 5.08. The largest absolute Gasteiger partial charge is 0.508 e. The number of unbranched alkanes of at least 4 members (excludes halogenated alkanes) is 3. The fraction of sp³-hybridized carbons (Fsp3) is 0.417. The number of carboxylic acid groups (broad SMARTS) is 1. The van der Waals surface area contributed by atoms with Gasteiger partial charge in [-0.15, -0.1) is 0 Å². The number of aromatic carboxylic acids is 1. The Kier molecular flexibility index (Phi) is 12.1. The molecule has 0 heterocycles. The summed E-state index contributed by atoms with van der Waals surface area (Å²) >= 11 is 0. The first kappa shape index (κ1) is 24.4. The molecule has 5 heteroatoms. The van der Waals surface area contributed by atoms with Gasteiger partial charge in [0.2, 0.25) is 0 Å². The van der Waals surface area contributed by atoms with Gasteiger partial charge in [-0.3, -0.25) is 4.79 Å². The van der Waals surface area contributed by atoms with Crippen LogP contribution in [0, 0.1) is 0 Å². The summed E-state index contributed by atoms with van der Waals surface area (Å²) < 4.78 is 0. The van der Waals surface area contributed by atoms with Crippen LogP contribution < -0.4 is 5.32 Å². The van der Waals surface area contributed by atoms with Crippen molar-refractivity contribution in [2.24, 2.45) is 0 Å². The first-order valence-electron chi connectivity index (χ1n) is 10.3. The van der Waals surface area contributed by atoms with Crippen LogP contribution in [-0.4, -0.2) is 35.1 Å². The molecule has 0 radical (unpaired) electrons. The minimum atomic E-state index is -1.02. The molecule has 0 spiro atoms. The van der Waals surface area contributed by atoms with Crippen molar-refractivity contribution in [3.63, 3.8) is 0 Å². The number of Topliss-reactive ketones (excluding diaryl/α,β-unsaturated/α-hetero) is 1. The Hall–Kier alpha value is -2.66. The van der Waals surface area contributed by atoms with E-state index in [2.05, 4.69) is 19.2 Å². The van der Waals surface area contributed by atoms with Crippen molar-refractivity contribution >= 4 is 11.8 Å². The summed E-state index contributed by atoms with van der Waals surface area (Å²) in [6, 6.07) is 13.8. The van der Waals surface area contributed by atoms with Crippen molar-refractivity contribution < 1.29 is 19.8 Å². The lowest BCUT2D eigenvalue weighted by molar-refractivity contribution is 0.0694. The number of ketones is 1. The summed E-state index contributed by atoms with van der Waals surface area (Å²) in [5.74, 6) is -0.826. The Morgan fingerprint density at radius 2 is 1.52 bits per heavy atom. The van der Waals surface area contributed by atoms with Crippen LogP contribution in [0.25, 0.3) is 0 Å². The molecule has 0 unspecified atom stereocenters. The molecule has 29 heavy (non-hydrogen) atoms. The van der Waals surface area contributed by atoms with E-state index in [9.17, 15) is 14.7 Å². The summed E-state index contributed by atoms with van der Waals surface area (Å²) in [5.41, 5.74) is 1.40. The number of aromatic hydroxyl groups is 1. The number of hydrogen-bond acceptors (Lipinski definition) is 4. The van der Waals surface area contributed by atoms with E-state index in [4.69, 9.17) is 5.11 Å². The number of hydrogen-bond donors (Lipinski definition) is 3. The van der Waals surface area contributed by atoms with Gasteiger partial charge < -0.3 is 15.5 Å². The average molecular weight is 400 g/mol. The Morgan fingerprint density at radius 3 is 2.10 bits per heavy atom. The fourth-order valence-electron chi connectivity index (χ4n) is 3.00. The lowest BCUT2D eigenvalue weighted by Crippen LogP contribution is -2.09. The first-order valence-corrected chi connectivity index (χ1v) is 10.3. The second kappa shape index (κ2) is 14.4. The molecule has 0 atom stereocenters. The van der Waals surface area contributed by atoms with Crippen molar-refractivity contribution in [2.45, 2.75) is 52.4 Å². The zero-order chi connectivity index (χ0) is 21.5. The third-order valence-corrected chi connectivity index (χ3v) is 4.56. The second-order valence-corrected chi connectivity index (χ2v) is 6.77. The maximum Gasteiger partial charge on any atom is 0.336 e. The molecule has 5 nitrogen and oxygen atoms in total. The van der Waals surface area contributed by atoms with Gasteiger partial charge in [0.15, 0.2) is 5.78 Å². The molecule has 0 aliphatic carbocycles. The van der Waals surface area contributed by atoms with Crippen molar-refractivity contribution in [2.75, 3.05) is 13.1 Å². The van der Waals surface area contributed by atoms with Crippen LogP contribution in [0.5, 0.6) is 5.75 Å². The Morgan fingerprint density at radius 1 is 0.862 bits per heavy atom. The Bertz CT molecular complexity index is 742. The van der Waals surface area contributed by atoms with Gasteiger partial charge in [0.05, 0.1) is 5.56 Å². The van der Waals surface area contributed by atoms with Crippen LogP contribution >= 0.6 is 0 Å². The smallest absolute Gasteiger partial charge is 0.336 e. The molecule has 158 valence electrons. The van der Waals surface area contributed by atoms with Crippen LogP contribution in [0.4, 0.5) is 0 Å². The SMILES string of the molecule is CCNCC.O=C(CCCCCCc1c(O)cccc1C(=O)O)c1ccccc1. The van der Waals surface area contributed by atoms with E-state index in [0.29, 0.717) is 18.4 Å². The zero-order valence-corrected chi connectivity index (χ0v) is 17.5. The van der Waals surface area contributed by atoms with E-state index >= 15 is 0 Å². The molecule has 0 saturated carbocycles. The molecular weight excluding hydrogens is 366 g/mol. The number of phenols is 1. The average Bonchev–Trinajstić information content (AvgIpc) is 2.72. The summed E-state index contributed by atoms with van der Waals surface area (Å²) in [6.07, 6.45) is 4.48. The molecule has 0 fully saturated rings. The van der Waals surface area contributed by atoms with Crippen LogP contribution in [0.1, 0.15) is 72.2 Å². The molecule has 3 N–H and O–H groups in total. The summed E-state index contributed by atoms with van der Waals surface area (Å²) in [6.45, 7) is 6.39. The quantitative estimate of drug-likeness (QED) is 0.362. The maximum absolute atomic E-state index is 12.0. The number of nitrogens with one attached hydrogen (secondary N) is 1. The molecule has 0 amide bonds. The van der Waals surface area contributed by atoms with Crippen molar-refractivity contribution in [3.8, 4) is 5.75 Å². The highest BCUT2D eigenvalue weighted by Gasteiger charge is 2.13. The van der Waals surface area contributed by atoms with Gasteiger partial charge >= 0.3 is 5.97 Å². The van der Waals surface area contributed by atoms with E-state index in [1.807, 2.05) is 30.3 Å². The standard InChI is InChI=1S/C20H22O4.C4H11N/c21-18(15-9-4-3-5-10-15)13-7-2-1-6-11-16-17(20(23)24)12-8-14-19(16)22;1-3-5-4-2/h3-5,8-10,12,14,22H,1-2,6-7,11,13H2,(H,23,24);5H,3-4H2,1-2H3. The molecule has 2 rings (SSSR count). The molecule has 2 aromatic carbocycles. The Balaban J connectivity index is 0.000000749. The maximum atomic E-state index is 12.0. The third kappa shape index (κ3) is 9.39. The molecule has 0 bridgehead atoms. The third-order valence-electron chi connectivity index (χ3n) is 4.56.